The fraction of sp³-hybridized carbons (Fsp3) is 0.278. The largest absolute Gasteiger partial charge is 0.378 e. The second kappa shape index (κ2) is 6.41. The Morgan fingerprint density at radius 1 is 1.04 bits per heavy atom. The van der Waals surface area contributed by atoms with E-state index >= 15 is 0 Å². The molecule has 0 atom stereocenters. The van der Waals surface area contributed by atoms with Gasteiger partial charge in [-0.25, -0.2) is 14.6 Å². The van der Waals surface area contributed by atoms with Crippen LogP contribution < -0.4 is 4.90 Å². The lowest BCUT2D eigenvalue weighted by Gasteiger charge is -2.26. The molecule has 0 unspecified atom stereocenters. The summed E-state index contributed by atoms with van der Waals surface area (Å²) in [5.74, 6) is 0.752. The standard InChI is InChI=1S/C18H19N5O/c1-14-16(13-23(21-14)15-5-3-2-4-6-15)17-7-8-19-18(20-17)22-9-11-24-12-10-22/h2-8,13H,9-12H2,1H3. The minimum absolute atomic E-state index is 0.721. The van der Waals surface area contributed by atoms with E-state index in [4.69, 9.17) is 9.72 Å². The number of benzene rings is 1. The van der Waals surface area contributed by atoms with Crippen LogP contribution in [0.2, 0.25) is 0 Å². The molecule has 3 heterocycles. The molecule has 0 aliphatic carbocycles. The van der Waals surface area contributed by atoms with Crippen LogP contribution in [0, 0.1) is 6.92 Å². The van der Waals surface area contributed by atoms with Gasteiger partial charge in [-0.05, 0) is 25.1 Å². The van der Waals surface area contributed by atoms with E-state index in [1.807, 2.05) is 60.4 Å². The second-order valence-electron chi connectivity index (χ2n) is 5.75. The van der Waals surface area contributed by atoms with Gasteiger partial charge in [-0.2, -0.15) is 5.10 Å². The third-order valence-corrected chi connectivity index (χ3v) is 4.13. The molecule has 1 aliphatic heterocycles. The Bertz CT molecular complexity index is 824. The Hall–Kier alpha value is -2.73. The maximum absolute atomic E-state index is 5.40. The highest BCUT2D eigenvalue weighted by atomic mass is 16.5. The van der Waals surface area contributed by atoms with Gasteiger partial charge in [-0.15, -0.1) is 0 Å². The zero-order chi connectivity index (χ0) is 16.4. The average molecular weight is 321 g/mol. The Morgan fingerprint density at radius 3 is 2.62 bits per heavy atom. The van der Waals surface area contributed by atoms with Crippen molar-refractivity contribution in [3.05, 3.63) is 54.5 Å². The summed E-state index contributed by atoms with van der Waals surface area (Å²) < 4.78 is 7.29. The van der Waals surface area contributed by atoms with Gasteiger partial charge in [0.2, 0.25) is 5.95 Å². The molecule has 2 aromatic heterocycles. The van der Waals surface area contributed by atoms with Gasteiger partial charge < -0.3 is 9.64 Å². The SMILES string of the molecule is Cc1nn(-c2ccccc2)cc1-c1ccnc(N2CCOCC2)n1. The van der Waals surface area contributed by atoms with E-state index in [0.717, 1.165) is 54.9 Å². The Balaban J connectivity index is 1.68. The van der Waals surface area contributed by atoms with Crippen LogP contribution in [0.5, 0.6) is 0 Å². The summed E-state index contributed by atoms with van der Waals surface area (Å²) in [5.41, 5.74) is 3.90. The van der Waals surface area contributed by atoms with Gasteiger partial charge in [-0.3, -0.25) is 0 Å². The maximum Gasteiger partial charge on any atom is 0.226 e. The number of anilines is 1. The number of morpholine rings is 1. The Labute approximate surface area is 140 Å². The maximum atomic E-state index is 5.40. The van der Waals surface area contributed by atoms with Crippen LogP contribution in [0.25, 0.3) is 16.9 Å². The number of aromatic nitrogens is 4. The van der Waals surface area contributed by atoms with E-state index in [1.54, 1.807) is 0 Å². The molecule has 1 fully saturated rings. The number of hydrogen-bond donors (Lipinski definition) is 0. The molecular formula is C18H19N5O. The first-order chi connectivity index (χ1) is 11.8. The van der Waals surface area contributed by atoms with Gasteiger partial charge >= 0.3 is 0 Å². The summed E-state index contributed by atoms with van der Waals surface area (Å²) in [5, 5.41) is 4.62. The van der Waals surface area contributed by atoms with E-state index in [1.165, 1.54) is 0 Å². The average Bonchev–Trinajstić information content (AvgIpc) is 3.05. The number of aryl methyl sites for hydroxylation is 1. The van der Waals surface area contributed by atoms with Crippen molar-refractivity contribution in [3.63, 3.8) is 0 Å². The molecule has 0 spiro atoms. The summed E-state index contributed by atoms with van der Waals surface area (Å²) in [6, 6.07) is 12.0. The summed E-state index contributed by atoms with van der Waals surface area (Å²) >= 11 is 0. The molecule has 6 nitrogen and oxygen atoms in total. The molecule has 3 aromatic rings. The Kier molecular flexibility index (Phi) is 3.96. The highest BCUT2D eigenvalue weighted by Gasteiger charge is 2.16. The van der Waals surface area contributed by atoms with Gasteiger partial charge in [0.05, 0.1) is 30.3 Å². The second-order valence-corrected chi connectivity index (χ2v) is 5.75. The van der Waals surface area contributed by atoms with E-state index < -0.39 is 0 Å². The fourth-order valence-electron chi connectivity index (χ4n) is 2.84. The van der Waals surface area contributed by atoms with Crippen LogP contribution in [-0.4, -0.2) is 46.1 Å². The molecule has 1 aromatic carbocycles. The number of para-hydroxylation sites is 1. The lowest BCUT2D eigenvalue weighted by atomic mass is 10.2. The number of ether oxygens (including phenoxy) is 1. The lowest BCUT2D eigenvalue weighted by molar-refractivity contribution is 0.122. The summed E-state index contributed by atoms with van der Waals surface area (Å²) in [4.78, 5) is 11.3. The van der Waals surface area contributed by atoms with Crippen LogP contribution >= 0.6 is 0 Å². The molecule has 1 aliphatic rings. The molecule has 6 heteroatoms. The van der Waals surface area contributed by atoms with Crippen molar-refractivity contribution >= 4 is 5.95 Å². The van der Waals surface area contributed by atoms with E-state index in [-0.39, 0.29) is 0 Å². The first-order valence-electron chi connectivity index (χ1n) is 8.09. The fourth-order valence-corrected chi connectivity index (χ4v) is 2.84. The predicted octanol–water partition coefficient (Wildman–Crippen LogP) is 2.47. The quantitative estimate of drug-likeness (QED) is 0.742. The molecule has 4 rings (SSSR count). The highest BCUT2D eigenvalue weighted by Crippen LogP contribution is 2.23. The van der Waals surface area contributed by atoms with E-state index in [0.29, 0.717) is 0 Å². The van der Waals surface area contributed by atoms with Crippen LogP contribution in [0.15, 0.2) is 48.8 Å². The monoisotopic (exact) mass is 321 g/mol. The molecule has 0 saturated carbocycles. The Morgan fingerprint density at radius 2 is 1.83 bits per heavy atom. The molecule has 1 saturated heterocycles. The first-order valence-corrected chi connectivity index (χ1v) is 8.09. The van der Waals surface area contributed by atoms with Crippen LogP contribution in [-0.2, 0) is 4.74 Å². The smallest absolute Gasteiger partial charge is 0.226 e. The molecular weight excluding hydrogens is 302 g/mol. The lowest BCUT2D eigenvalue weighted by Crippen LogP contribution is -2.37. The predicted molar refractivity (Wildman–Crippen MR) is 92.4 cm³/mol. The zero-order valence-corrected chi connectivity index (χ0v) is 13.6. The van der Waals surface area contributed by atoms with Gasteiger partial charge in [0, 0.05) is 31.0 Å². The summed E-state index contributed by atoms with van der Waals surface area (Å²) in [6.07, 6.45) is 3.84. The topological polar surface area (TPSA) is 56.1 Å². The highest BCUT2D eigenvalue weighted by molar-refractivity contribution is 5.62. The molecule has 0 radical (unpaired) electrons. The van der Waals surface area contributed by atoms with Crippen LogP contribution in [0.4, 0.5) is 5.95 Å². The molecule has 24 heavy (non-hydrogen) atoms. The minimum Gasteiger partial charge on any atom is -0.378 e. The van der Waals surface area contributed by atoms with Crippen molar-refractivity contribution in [2.45, 2.75) is 6.92 Å². The summed E-state index contributed by atoms with van der Waals surface area (Å²) in [6.45, 7) is 5.10. The number of hydrogen-bond acceptors (Lipinski definition) is 5. The molecule has 122 valence electrons. The van der Waals surface area contributed by atoms with E-state index in [9.17, 15) is 0 Å². The van der Waals surface area contributed by atoms with Gasteiger partial charge in [0.1, 0.15) is 0 Å². The zero-order valence-electron chi connectivity index (χ0n) is 13.6. The molecule has 0 bridgehead atoms. The van der Waals surface area contributed by atoms with Crippen molar-refractivity contribution in [1.29, 1.82) is 0 Å². The number of nitrogens with zero attached hydrogens (tertiary/aromatic N) is 5. The van der Waals surface area contributed by atoms with Crippen LogP contribution in [0.1, 0.15) is 5.69 Å². The van der Waals surface area contributed by atoms with E-state index in [2.05, 4.69) is 15.0 Å². The van der Waals surface area contributed by atoms with Crippen molar-refractivity contribution in [2.24, 2.45) is 0 Å². The van der Waals surface area contributed by atoms with Gasteiger partial charge in [0.25, 0.3) is 0 Å². The molecule has 0 amide bonds. The first kappa shape index (κ1) is 14.8. The minimum atomic E-state index is 0.721. The summed E-state index contributed by atoms with van der Waals surface area (Å²) in [7, 11) is 0. The number of rotatable bonds is 3. The van der Waals surface area contributed by atoms with Crippen LogP contribution in [0.3, 0.4) is 0 Å². The van der Waals surface area contributed by atoms with Gasteiger partial charge in [0.15, 0.2) is 0 Å². The normalized spacial score (nSPS) is 14.8. The van der Waals surface area contributed by atoms with Crippen molar-refractivity contribution in [1.82, 2.24) is 19.7 Å². The molecule has 0 N–H and O–H groups in total. The van der Waals surface area contributed by atoms with Gasteiger partial charge in [-0.1, -0.05) is 18.2 Å². The third-order valence-electron chi connectivity index (χ3n) is 4.13. The third kappa shape index (κ3) is 2.88. The van der Waals surface area contributed by atoms with Crippen molar-refractivity contribution < 1.29 is 4.74 Å². The van der Waals surface area contributed by atoms with Crippen molar-refractivity contribution in [2.75, 3.05) is 31.2 Å². The van der Waals surface area contributed by atoms with Crippen molar-refractivity contribution in [3.8, 4) is 16.9 Å².